The molecule has 9 heteroatoms. The van der Waals surface area contributed by atoms with E-state index >= 15 is 0 Å². The average Bonchev–Trinajstić information content (AvgIpc) is 2.10. The molecule has 0 heterocycles. The van der Waals surface area contributed by atoms with Crippen LogP contribution in [0.5, 0.6) is 0 Å². The smallest absolute Gasteiger partial charge is 0.437 e. The highest BCUT2D eigenvalue weighted by Crippen LogP contribution is 2.24. The lowest BCUT2D eigenvalue weighted by atomic mass is 11.8. The van der Waals surface area contributed by atoms with Gasteiger partial charge in [0.1, 0.15) is 0 Å². The lowest BCUT2D eigenvalue weighted by Crippen LogP contribution is -2.57. The fourth-order valence-corrected chi connectivity index (χ4v) is 18.1. The van der Waals surface area contributed by atoms with Crippen molar-refractivity contribution in [3.63, 3.8) is 0 Å². The van der Waals surface area contributed by atoms with Gasteiger partial charge in [0, 0.05) is 20.8 Å². The van der Waals surface area contributed by atoms with Crippen LogP contribution in [0.25, 0.3) is 0 Å². The highest BCUT2D eigenvalue weighted by Gasteiger charge is 2.45. The summed E-state index contributed by atoms with van der Waals surface area (Å²) in [5.74, 6) is 0. The predicted octanol–water partition coefficient (Wildman–Crippen LogP) is 3.14. The Kier molecular flexibility index (Phi) is 6.85. The van der Waals surface area contributed by atoms with E-state index in [0.29, 0.717) is 0 Å². The van der Waals surface area contributed by atoms with Gasteiger partial charge in [-0.15, -0.1) is 0 Å². The number of rotatable bonds is 8. The molecule has 0 unspecified atom stereocenters. The first-order chi connectivity index (χ1) is 8.24. The van der Waals surface area contributed by atoms with Crippen LogP contribution in [-0.2, 0) is 21.2 Å². The average molecular weight is 343 g/mol. The molecule has 0 aliphatic carbocycles. The van der Waals surface area contributed by atoms with Gasteiger partial charge < -0.3 is 21.2 Å². The molecule has 0 amide bonds. The molecule has 0 rings (SSSR count). The van der Waals surface area contributed by atoms with Crippen LogP contribution in [0, 0.1) is 0 Å². The van der Waals surface area contributed by atoms with Gasteiger partial charge in [0.15, 0.2) is 8.32 Å². The van der Waals surface area contributed by atoms with Crippen LogP contribution in [0.4, 0.5) is 0 Å². The molecule has 0 atom stereocenters. The van der Waals surface area contributed by atoms with Gasteiger partial charge in [0.05, 0.1) is 0 Å². The van der Waals surface area contributed by atoms with Gasteiger partial charge in [-0.25, -0.2) is 0 Å². The summed E-state index contributed by atoms with van der Waals surface area (Å²) in [6, 6.07) is 0. The Hall–Kier alpha value is 0.668. The van der Waals surface area contributed by atoms with Gasteiger partial charge in [0.2, 0.25) is 0 Å². The maximum Gasteiger partial charge on any atom is 0.488 e. The van der Waals surface area contributed by atoms with Crippen molar-refractivity contribution in [2.24, 2.45) is 0 Å². The highest BCUT2D eigenvalue weighted by molar-refractivity contribution is 6.87. The van der Waals surface area contributed by atoms with Crippen LogP contribution in [0.15, 0.2) is 0 Å². The fourth-order valence-electron chi connectivity index (χ4n) is 1.98. The molecule has 0 saturated carbocycles. The van der Waals surface area contributed by atoms with Crippen LogP contribution in [0.1, 0.15) is 0 Å². The second-order valence-electron chi connectivity index (χ2n) is 6.49. The van der Waals surface area contributed by atoms with E-state index in [2.05, 4.69) is 32.7 Å². The van der Waals surface area contributed by atoms with Crippen LogP contribution >= 0.6 is 0 Å². The molecule has 0 fully saturated rings. The molecular weight excluding hydrogens is 312 g/mol. The van der Waals surface area contributed by atoms with Crippen molar-refractivity contribution in [3.05, 3.63) is 0 Å². The zero-order chi connectivity index (χ0) is 15.5. The SMILES string of the molecule is CO[Si](C)(OC)O[Si](C)(C)O[Si](C)(C)O[Si](C)(C)C. The Bertz CT molecular complexity index is 286. The summed E-state index contributed by atoms with van der Waals surface area (Å²) in [7, 11) is -5.50. The summed E-state index contributed by atoms with van der Waals surface area (Å²) in [6.07, 6.45) is 0. The van der Waals surface area contributed by atoms with E-state index in [-0.39, 0.29) is 0 Å². The summed E-state index contributed by atoms with van der Waals surface area (Å²) in [4.78, 5) is 0. The largest absolute Gasteiger partial charge is 0.488 e. The zero-order valence-corrected chi connectivity index (χ0v) is 18.0. The molecule has 0 aliphatic rings. The lowest BCUT2D eigenvalue weighted by molar-refractivity contribution is 0.151. The molecule has 0 spiro atoms. The number of hydrogen-bond acceptors (Lipinski definition) is 5. The van der Waals surface area contributed by atoms with Gasteiger partial charge in [0.25, 0.3) is 0 Å². The van der Waals surface area contributed by atoms with Gasteiger partial charge in [-0.1, -0.05) is 0 Å². The van der Waals surface area contributed by atoms with Gasteiger partial charge >= 0.3 is 25.9 Å². The zero-order valence-electron chi connectivity index (χ0n) is 14.0. The molecule has 0 aliphatic heterocycles. The van der Waals surface area contributed by atoms with E-state index in [1.165, 1.54) is 0 Å². The topological polar surface area (TPSA) is 46.2 Å². The van der Waals surface area contributed by atoms with Crippen molar-refractivity contribution in [3.8, 4) is 0 Å². The summed E-state index contributed by atoms with van der Waals surface area (Å²) in [6.45, 7) is 16.6. The molecule has 116 valence electrons. The van der Waals surface area contributed by atoms with Crippen molar-refractivity contribution in [2.45, 2.75) is 52.4 Å². The lowest BCUT2D eigenvalue weighted by Gasteiger charge is -2.39. The Labute approximate surface area is 122 Å². The van der Waals surface area contributed by atoms with E-state index in [1.807, 2.05) is 19.6 Å². The van der Waals surface area contributed by atoms with Gasteiger partial charge in [-0.2, -0.15) is 0 Å². The molecule has 0 saturated heterocycles. The fraction of sp³-hybridized carbons (Fsp3) is 1.00. The minimum Gasteiger partial charge on any atom is -0.437 e. The van der Waals surface area contributed by atoms with Crippen molar-refractivity contribution in [1.82, 2.24) is 0 Å². The maximum atomic E-state index is 6.24. The first kappa shape index (κ1) is 19.7. The minimum atomic E-state index is -2.58. The third-order valence-corrected chi connectivity index (χ3v) is 15.5. The monoisotopic (exact) mass is 342 g/mol. The van der Waals surface area contributed by atoms with Crippen molar-refractivity contribution >= 4 is 34.2 Å². The van der Waals surface area contributed by atoms with Crippen LogP contribution in [0.3, 0.4) is 0 Å². The van der Waals surface area contributed by atoms with E-state index in [4.69, 9.17) is 21.2 Å². The molecule has 0 radical (unpaired) electrons. The molecule has 0 aromatic heterocycles. The maximum absolute atomic E-state index is 6.24. The summed E-state index contributed by atoms with van der Waals surface area (Å²) < 4.78 is 29.2. The van der Waals surface area contributed by atoms with E-state index in [9.17, 15) is 0 Å². The molecule has 0 aromatic carbocycles. The highest BCUT2D eigenvalue weighted by atomic mass is 28.5. The third kappa shape index (κ3) is 8.52. The van der Waals surface area contributed by atoms with E-state index in [0.717, 1.165) is 0 Å². The molecule has 5 nitrogen and oxygen atoms in total. The van der Waals surface area contributed by atoms with E-state index < -0.39 is 34.2 Å². The first-order valence-electron chi connectivity index (χ1n) is 6.45. The Morgan fingerprint density at radius 3 is 1.21 bits per heavy atom. The van der Waals surface area contributed by atoms with Gasteiger partial charge in [-0.3, -0.25) is 0 Å². The van der Waals surface area contributed by atoms with Crippen molar-refractivity contribution < 1.29 is 21.2 Å². The van der Waals surface area contributed by atoms with Crippen LogP contribution in [-0.4, -0.2) is 48.5 Å². The van der Waals surface area contributed by atoms with Crippen LogP contribution < -0.4 is 0 Å². The second kappa shape index (κ2) is 6.62. The standard InChI is InChI=1S/C10H30O5Si4/c1-11-19(10,12-2)15-18(8,9)14-17(6,7)13-16(3,4)5/h1-10H3. The Morgan fingerprint density at radius 2 is 0.895 bits per heavy atom. The Morgan fingerprint density at radius 1 is 0.526 bits per heavy atom. The summed E-state index contributed by atoms with van der Waals surface area (Å²) in [5.41, 5.74) is 0. The summed E-state index contributed by atoms with van der Waals surface area (Å²) in [5, 5.41) is 0. The first-order valence-corrected chi connectivity index (χ1v) is 17.7. The third-order valence-electron chi connectivity index (χ3n) is 2.22. The second-order valence-corrected chi connectivity index (χ2v) is 21.3. The number of hydrogen-bond donors (Lipinski definition) is 0. The molecule has 0 N–H and O–H groups in total. The normalized spacial score (nSPS) is 14.8. The van der Waals surface area contributed by atoms with E-state index in [1.54, 1.807) is 14.2 Å². The molecule has 0 bridgehead atoms. The molecule has 0 aromatic rings. The van der Waals surface area contributed by atoms with Crippen LogP contribution in [0.2, 0.25) is 52.4 Å². The minimum absolute atomic E-state index is 1.61. The summed E-state index contributed by atoms with van der Waals surface area (Å²) >= 11 is 0. The predicted molar refractivity (Wildman–Crippen MR) is 87.2 cm³/mol. The molecule has 19 heavy (non-hydrogen) atoms. The van der Waals surface area contributed by atoms with Gasteiger partial charge in [-0.05, 0) is 45.8 Å². The Balaban J connectivity index is 4.76. The quantitative estimate of drug-likeness (QED) is 0.634. The molecular formula is C10H30O5Si4. The van der Waals surface area contributed by atoms with Crippen molar-refractivity contribution in [2.75, 3.05) is 14.2 Å². The van der Waals surface area contributed by atoms with Crippen molar-refractivity contribution in [1.29, 1.82) is 0 Å².